The number of ether oxygens (including phenoxy) is 1. The summed E-state index contributed by atoms with van der Waals surface area (Å²) in [6.07, 6.45) is 2.63. The SMILES string of the molecule is C=CCn1c(C=O)cc2cc(OC)ccc21. The van der Waals surface area contributed by atoms with Gasteiger partial charge in [-0.3, -0.25) is 4.79 Å². The van der Waals surface area contributed by atoms with E-state index < -0.39 is 0 Å². The summed E-state index contributed by atoms with van der Waals surface area (Å²) in [5, 5.41) is 1.00. The molecule has 2 rings (SSSR count). The van der Waals surface area contributed by atoms with Crippen LogP contribution in [0.3, 0.4) is 0 Å². The average Bonchev–Trinajstić information content (AvgIpc) is 2.67. The van der Waals surface area contributed by atoms with Crippen LogP contribution in [-0.4, -0.2) is 18.0 Å². The standard InChI is InChI=1S/C13H13NO2/c1-3-6-14-11(9-15)7-10-8-12(16-2)4-5-13(10)14/h3-5,7-9H,1,6H2,2H3. The molecular formula is C13H13NO2. The molecular weight excluding hydrogens is 202 g/mol. The maximum Gasteiger partial charge on any atom is 0.166 e. The number of hydrogen-bond acceptors (Lipinski definition) is 2. The summed E-state index contributed by atoms with van der Waals surface area (Å²) in [6, 6.07) is 7.61. The molecule has 3 nitrogen and oxygen atoms in total. The van der Waals surface area contributed by atoms with Gasteiger partial charge >= 0.3 is 0 Å². The lowest BCUT2D eigenvalue weighted by atomic mass is 10.2. The Morgan fingerprint density at radius 2 is 2.25 bits per heavy atom. The molecule has 0 aliphatic rings. The highest BCUT2D eigenvalue weighted by Crippen LogP contribution is 2.24. The van der Waals surface area contributed by atoms with E-state index in [4.69, 9.17) is 4.74 Å². The molecule has 0 aliphatic heterocycles. The lowest BCUT2D eigenvalue weighted by molar-refractivity contribution is 0.111. The van der Waals surface area contributed by atoms with Crippen molar-refractivity contribution in [2.24, 2.45) is 0 Å². The highest BCUT2D eigenvalue weighted by Gasteiger charge is 2.07. The summed E-state index contributed by atoms with van der Waals surface area (Å²) in [5.41, 5.74) is 1.67. The van der Waals surface area contributed by atoms with Crippen molar-refractivity contribution in [1.29, 1.82) is 0 Å². The fourth-order valence-corrected chi connectivity index (χ4v) is 1.83. The van der Waals surface area contributed by atoms with Gasteiger partial charge < -0.3 is 9.30 Å². The van der Waals surface area contributed by atoms with Gasteiger partial charge in [-0.15, -0.1) is 6.58 Å². The van der Waals surface area contributed by atoms with Gasteiger partial charge in [0.25, 0.3) is 0 Å². The second-order valence-electron chi connectivity index (χ2n) is 3.51. The zero-order valence-corrected chi connectivity index (χ0v) is 9.14. The Balaban J connectivity index is 2.66. The molecule has 3 heteroatoms. The number of aldehydes is 1. The van der Waals surface area contributed by atoms with Crippen LogP contribution in [-0.2, 0) is 6.54 Å². The fraction of sp³-hybridized carbons (Fsp3) is 0.154. The number of benzene rings is 1. The first-order valence-electron chi connectivity index (χ1n) is 5.03. The normalized spacial score (nSPS) is 10.3. The molecule has 0 saturated carbocycles. The molecule has 0 bridgehead atoms. The van der Waals surface area contributed by atoms with Crippen LogP contribution in [0.5, 0.6) is 5.75 Å². The third kappa shape index (κ3) is 1.60. The van der Waals surface area contributed by atoms with E-state index in [1.165, 1.54) is 0 Å². The largest absolute Gasteiger partial charge is 0.497 e. The summed E-state index contributed by atoms with van der Waals surface area (Å²) in [6.45, 7) is 4.32. The summed E-state index contributed by atoms with van der Waals surface area (Å²) in [4.78, 5) is 10.9. The maximum absolute atomic E-state index is 10.9. The molecule has 0 unspecified atom stereocenters. The van der Waals surface area contributed by atoms with Crippen molar-refractivity contribution in [3.63, 3.8) is 0 Å². The van der Waals surface area contributed by atoms with Crippen LogP contribution in [0.25, 0.3) is 10.9 Å². The minimum atomic E-state index is 0.629. The summed E-state index contributed by atoms with van der Waals surface area (Å²) in [5.74, 6) is 0.792. The van der Waals surface area contributed by atoms with Crippen LogP contribution in [0.4, 0.5) is 0 Å². The molecule has 16 heavy (non-hydrogen) atoms. The Morgan fingerprint density at radius 3 is 2.88 bits per heavy atom. The van der Waals surface area contributed by atoms with E-state index in [1.807, 2.05) is 28.8 Å². The van der Waals surface area contributed by atoms with E-state index in [2.05, 4.69) is 6.58 Å². The molecule has 82 valence electrons. The van der Waals surface area contributed by atoms with Gasteiger partial charge in [-0.05, 0) is 24.3 Å². The van der Waals surface area contributed by atoms with E-state index >= 15 is 0 Å². The van der Waals surface area contributed by atoms with Crippen molar-refractivity contribution in [2.75, 3.05) is 7.11 Å². The molecule has 0 saturated heterocycles. The number of nitrogens with zero attached hydrogens (tertiary/aromatic N) is 1. The monoisotopic (exact) mass is 215 g/mol. The molecule has 0 spiro atoms. The van der Waals surface area contributed by atoms with Gasteiger partial charge in [0, 0.05) is 17.4 Å². The Kier molecular flexibility index (Phi) is 2.77. The Labute approximate surface area is 93.9 Å². The Morgan fingerprint density at radius 1 is 1.44 bits per heavy atom. The fourth-order valence-electron chi connectivity index (χ4n) is 1.83. The molecule has 1 heterocycles. The first-order valence-corrected chi connectivity index (χ1v) is 5.03. The van der Waals surface area contributed by atoms with E-state index in [0.29, 0.717) is 12.2 Å². The molecule has 0 N–H and O–H groups in total. The Bertz CT molecular complexity index is 540. The molecule has 0 fully saturated rings. The molecule has 0 aliphatic carbocycles. The van der Waals surface area contributed by atoms with Crippen LogP contribution in [0.2, 0.25) is 0 Å². The summed E-state index contributed by atoms with van der Waals surface area (Å²) >= 11 is 0. The summed E-state index contributed by atoms with van der Waals surface area (Å²) in [7, 11) is 1.63. The number of carbonyl (C=O) groups is 1. The average molecular weight is 215 g/mol. The number of fused-ring (bicyclic) bond motifs is 1. The summed E-state index contributed by atoms with van der Waals surface area (Å²) < 4.78 is 7.07. The van der Waals surface area contributed by atoms with Crippen molar-refractivity contribution in [3.05, 3.63) is 42.6 Å². The highest BCUT2D eigenvalue weighted by atomic mass is 16.5. The van der Waals surface area contributed by atoms with Crippen LogP contribution < -0.4 is 4.74 Å². The third-order valence-electron chi connectivity index (χ3n) is 2.57. The first kappa shape index (κ1) is 10.5. The molecule has 2 aromatic rings. The zero-order valence-electron chi connectivity index (χ0n) is 9.14. The van der Waals surface area contributed by atoms with E-state index in [0.717, 1.165) is 22.9 Å². The molecule has 1 aromatic carbocycles. The van der Waals surface area contributed by atoms with Crippen molar-refractivity contribution in [2.45, 2.75) is 6.54 Å². The third-order valence-corrected chi connectivity index (χ3v) is 2.57. The highest BCUT2D eigenvalue weighted by molar-refractivity contribution is 5.89. The molecule has 0 radical (unpaired) electrons. The minimum Gasteiger partial charge on any atom is -0.497 e. The quantitative estimate of drug-likeness (QED) is 0.580. The van der Waals surface area contributed by atoms with E-state index in [9.17, 15) is 4.79 Å². The van der Waals surface area contributed by atoms with E-state index in [1.54, 1.807) is 13.2 Å². The van der Waals surface area contributed by atoms with Gasteiger partial charge in [-0.25, -0.2) is 0 Å². The van der Waals surface area contributed by atoms with Crippen LogP contribution >= 0.6 is 0 Å². The topological polar surface area (TPSA) is 31.2 Å². The van der Waals surface area contributed by atoms with Crippen molar-refractivity contribution >= 4 is 17.2 Å². The van der Waals surface area contributed by atoms with Crippen molar-refractivity contribution in [3.8, 4) is 5.75 Å². The van der Waals surface area contributed by atoms with Gasteiger partial charge in [0.1, 0.15) is 5.75 Å². The Hall–Kier alpha value is -2.03. The van der Waals surface area contributed by atoms with Crippen molar-refractivity contribution < 1.29 is 9.53 Å². The van der Waals surface area contributed by atoms with Crippen LogP contribution in [0.1, 0.15) is 10.5 Å². The first-order chi connectivity index (χ1) is 7.80. The van der Waals surface area contributed by atoms with E-state index in [-0.39, 0.29) is 0 Å². The smallest absolute Gasteiger partial charge is 0.166 e. The lowest BCUT2D eigenvalue weighted by Crippen LogP contribution is -1.99. The maximum atomic E-state index is 10.9. The predicted molar refractivity (Wildman–Crippen MR) is 64.1 cm³/mol. The van der Waals surface area contributed by atoms with Crippen molar-refractivity contribution in [1.82, 2.24) is 4.57 Å². The lowest BCUT2D eigenvalue weighted by Gasteiger charge is -2.04. The predicted octanol–water partition coefficient (Wildman–Crippen LogP) is 2.65. The minimum absolute atomic E-state index is 0.629. The van der Waals surface area contributed by atoms with Crippen LogP contribution in [0.15, 0.2) is 36.9 Å². The number of carbonyl (C=O) groups excluding carboxylic acids is 1. The molecule has 0 amide bonds. The van der Waals surface area contributed by atoms with Gasteiger partial charge in [0.05, 0.1) is 12.8 Å². The zero-order chi connectivity index (χ0) is 11.5. The molecule has 0 atom stereocenters. The number of hydrogen-bond donors (Lipinski definition) is 0. The second kappa shape index (κ2) is 4.23. The van der Waals surface area contributed by atoms with Gasteiger partial charge in [-0.2, -0.15) is 0 Å². The second-order valence-corrected chi connectivity index (χ2v) is 3.51. The van der Waals surface area contributed by atoms with Gasteiger partial charge in [0.2, 0.25) is 0 Å². The molecule has 1 aromatic heterocycles. The van der Waals surface area contributed by atoms with Gasteiger partial charge in [0.15, 0.2) is 6.29 Å². The number of allylic oxidation sites excluding steroid dienone is 1. The number of aromatic nitrogens is 1. The van der Waals surface area contributed by atoms with Gasteiger partial charge in [-0.1, -0.05) is 6.08 Å². The number of methoxy groups -OCH3 is 1. The number of rotatable bonds is 4. The van der Waals surface area contributed by atoms with Crippen LogP contribution in [0, 0.1) is 0 Å².